The number of methoxy groups -OCH3 is 1. The third-order valence-corrected chi connectivity index (χ3v) is 3.81. The number of nitrogens with zero attached hydrogens (tertiary/aromatic N) is 3. The van der Waals surface area contributed by atoms with Crippen LogP contribution in [0.25, 0.3) is 0 Å². The van der Waals surface area contributed by atoms with Crippen molar-refractivity contribution in [1.29, 1.82) is 0 Å². The summed E-state index contributed by atoms with van der Waals surface area (Å²) in [5.74, 6) is 2.24. The molecule has 1 aromatic carbocycles. The molecule has 0 aliphatic heterocycles. The maximum absolute atomic E-state index is 5.78. The molecule has 0 saturated carbocycles. The molecule has 0 radical (unpaired) electrons. The Labute approximate surface area is 147 Å². The molecule has 0 spiro atoms. The number of H-pyrrole nitrogens is 1. The van der Waals surface area contributed by atoms with E-state index in [1.54, 1.807) is 18.0 Å². The van der Waals surface area contributed by atoms with E-state index in [2.05, 4.69) is 22.2 Å². The van der Waals surface area contributed by atoms with Crippen molar-refractivity contribution in [3.8, 4) is 11.5 Å². The lowest BCUT2D eigenvalue weighted by Gasteiger charge is -2.11. The van der Waals surface area contributed by atoms with Gasteiger partial charge in [-0.2, -0.15) is 14.9 Å². The molecule has 0 aliphatic rings. The van der Waals surface area contributed by atoms with E-state index in [-0.39, 0.29) is 0 Å². The first-order valence-electron chi connectivity index (χ1n) is 8.21. The summed E-state index contributed by atoms with van der Waals surface area (Å²) in [6.07, 6.45) is 5.86. The monoisotopic (exact) mass is 348 g/mol. The minimum atomic E-state index is 0.478. The Morgan fingerprint density at radius 1 is 1.29 bits per heavy atom. The normalized spacial score (nSPS) is 11.1. The molecule has 0 aliphatic carbocycles. The van der Waals surface area contributed by atoms with Crippen LogP contribution >= 0.6 is 12.2 Å². The zero-order valence-corrected chi connectivity index (χ0v) is 15.2. The van der Waals surface area contributed by atoms with Crippen LogP contribution in [-0.2, 0) is 6.42 Å². The second-order valence-electron chi connectivity index (χ2n) is 5.32. The Hall–Kier alpha value is -2.15. The molecule has 0 amide bonds. The molecule has 2 aromatic rings. The largest absolute Gasteiger partial charge is 0.493 e. The minimum Gasteiger partial charge on any atom is -0.493 e. The molecule has 2 rings (SSSR count). The van der Waals surface area contributed by atoms with Crippen molar-refractivity contribution >= 4 is 18.4 Å². The summed E-state index contributed by atoms with van der Waals surface area (Å²) < 4.78 is 13.3. The Bertz CT molecular complexity index is 736. The lowest BCUT2D eigenvalue weighted by atomic mass is 10.2. The molecule has 24 heavy (non-hydrogen) atoms. The first-order chi connectivity index (χ1) is 11.7. The van der Waals surface area contributed by atoms with E-state index in [0.29, 0.717) is 17.1 Å². The molecule has 1 heterocycles. The van der Waals surface area contributed by atoms with Gasteiger partial charge in [-0.3, -0.25) is 5.10 Å². The Kier molecular flexibility index (Phi) is 6.99. The van der Waals surface area contributed by atoms with Crippen LogP contribution in [0.4, 0.5) is 0 Å². The molecule has 7 heteroatoms. The van der Waals surface area contributed by atoms with Crippen LogP contribution in [0.5, 0.6) is 11.5 Å². The maximum atomic E-state index is 5.78. The molecule has 0 saturated heterocycles. The smallest absolute Gasteiger partial charge is 0.216 e. The summed E-state index contributed by atoms with van der Waals surface area (Å²) >= 11 is 5.18. The van der Waals surface area contributed by atoms with Crippen LogP contribution in [-0.4, -0.2) is 34.8 Å². The van der Waals surface area contributed by atoms with Crippen LogP contribution in [0, 0.1) is 4.77 Å². The molecule has 1 N–H and O–H groups in total. The number of nitrogens with one attached hydrogen (secondary N) is 1. The van der Waals surface area contributed by atoms with Crippen molar-refractivity contribution in [2.75, 3.05) is 13.7 Å². The van der Waals surface area contributed by atoms with Crippen molar-refractivity contribution in [3.05, 3.63) is 34.4 Å². The number of ether oxygens (including phenoxy) is 2. The van der Waals surface area contributed by atoms with Crippen molar-refractivity contribution in [1.82, 2.24) is 14.9 Å². The number of benzene rings is 1. The van der Waals surface area contributed by atoms with Crippen molar-refractivity contribution < 1.29 is 9.47 Å². The van der Waals surface area contributed by atoms with Gasteiger partial charge in [-0.15, -0.1) is 0 Å². The topological polar surface area (TPSA) is 64.4 Å². The van der Waals surface area contributed by atoms with E-state index in [0.717, 1.165) is 36.4 Å². The standard InChI is InChI=1S/C17H24N4O2S/c1-4-6-7-10-23-14-9-8-13(11-15(14)22-3)12-18-21-16(5-2)19-20-17(21)24/h8-9,11-12H,4-7,10H2,1-3H3,(H,20,24)/b18-12+. The molecule has 0 bridgehead atoms. The highest BCUT2D eigenvalue weighted by molar-refractivity contribution is 7.71. The second-order valence-corrected chi connectivity index (χ2v) is 5.71. The lowest BCUT2D eigenvalue weighted by Crippen LogP contribution is -2.00. The van der Waals surface area contributed by atoms with Crippen molar-refractivity contribution in [2.24, 2.45) is 5.10 Å². The number of rotatable bonds is 9. The third kappa shape index (κ3) is 4.67. The van der Waals surface area contributed by atoms with Crippen molar-refractivity contribution in [3.63, 3.8) is 0 Å². The maximum Gasteiger partial charge on any atom is 0.216 e. The van der Waals surface area contributed by atoms with Crippen molar-refractivity contribution in [2.45, 2.75) is 39.5 Å². The van der Waals surface area contributed by atoms with Gasteiger partial charge >= 0.3 is 0 Å². The lowest BCUT2D eigenvalue weighted by molar-refractivity contribution is 0.286. The number of hydrogen-bond donors (Lipinski definition) is 1. The third-order valence-electron chi connectivity index (χ3n) is 3.55. The van der Waals surface area contributed by atoms with Gasteiger partial charge in [-0.05, 0) is 42.4 Å². The van der Waals surface area contributed by atoms with E-state index < -0.39 is 0 Å². The zero-order chi connectivity index (χ0) is 17.4. The molecule has 0 fully saturated rings. The van der Waals surface area contributed by atoms with E-state index >= 15 is 0 Å². The number of hydrogen-bond acceptors (Lipinski definition) is 5. The number of unbranched alkanes of at least 4 members (excludes halogenated alkanes) is 2. The Balaban J connectivity index is 2.12. The van der Waals surface area contributed by atoms with Crippen LogP contribution in [0.1, 0.15) is 44.5 Å². The highest BCUT2D eigenvalue weighted by Crippen LogP contribution is 2.27. The summed E-state index contributed by atoms with van der Waals surface area (Å²) in [7, 11) is 1.64. The van der Waals surface area contributed by atoms with Gasteiger partial charge in [-0.1, -0.05) is 26.7 Å². The van der Waals surface area contributed by atoms with Gasteiger partial charge in [0.15, 0.2) is 17.3 Å². The molecule has 1 aromatic heterocycles. The van der Waals surface area contributed by atoms with Gasteiger partial charge in [0.1, 0.15) is 0 Å². The molecule has 0 atom stereocenters. The fourth-order valence-electron chi connectivity index (χ4n) is 2.21. The Morgan fingerprint density at radius 2 is 2.12 bits per heavy atom. The highest BCUT2D eigenvalue weighted by Gasteiger charge is 2.06. The van der Waals surface area contributed by atoms with Gasteiger partial charge in [-0.25, -0.2) is 0 Å². The summed E-state index contributed by atoms with van der Waals surface area (Å²) in [6, 6.07) is 5.74. The summed E-state index contributed by atoms with van der Waals surface area (Å²) in [6.45, 7) is 4.87. The van der Waals surface area contributed by atoms with E-state index in [1.807, 2.05) is 25.1 Å². The van der Waals surface area contributed by atoms with Crippen LogP contribution < -0.4 is 9.47 Å². The molecule has 0 unspecified atom stereocenters. The molecular weight excluding hydrogens is 324 g/mol. The SMILES string of the molecule is CCCCCOc1ccc(/C=N/n2c(CC)n[nH]c2=S)cc1OC. The van der Waals surface area contributed by atoms with E-state index in [1.165, 1.54) is 6.42 Å². The summed E-state index contributed by atoms with van der Waals surface area (Å²) in [5, 5.41) is 11.3. The first kappa shape index (κ1) is 18.2. The van der Waals surface area contributed by atoms with Gasteiger partial charge in [0.25, 0.3) is 0 Å². The zero-order valence-electron chi connectivity index (χ0n) is 14.4. The average molecular weight is 348 g/mol. The number of aryl methyl sites for hydroxylation is 1. The van der Waals surface area contributed by atoms with E-state index in [9.17, 15) is 0 Å². The molecule has 6 nitrogen and oxygen atoms in total. The quantitative estimate of drug-likeness (QED) is 0.423. The van der Waals surface area contributed by atoms with Crippen LogP contribution in [0.2, 0.25) is 0 Å². The van der Waals surface area contributed by atoms with Crippen LogP contribution in [0.15, 0.2) is 23.3 Å². The summed E-state index contributed by atoms with van der Waals surface area (Å²) in [4.78, 5) is 0. The van der Waals surface area contributed by atoms with Gasteiger partial charge in [0, 0.05) is 6.42 Å². The van der Waals surface area contributed by atoms with E-state index in [4.69, 9.17) is 21.7 Å². The fraction of sp³-hybridized carbons (Fsp3) is 0.471. The summed E-state index contributed by atoms with van der Waals surface area (Å²) in [5.41, 5.74) is 0.901. The van der Waals surface area contributed by atoms with Gasteiger partial charge in [0.05, 0.1) is 19.9 Å². The second kappa shape index (κ2) is 9.22. The van der Waals surface area contributed by atoms with Gasteiger partial charge in [0.2, 0.25) is 4.77 Å². The minimum absolute atomic E-state index is 0.478. The Morgan fingerprint density at radius 3 is 2.83 bits per heavy atom. The molecule has 130 valence electrons. The number of aromatic nitrogens is 3. The highest BCUT2D eigenvalue weighted by atomic mass is 32.1. The first-order valence-corrected chi connectivity index (χ1v) is 8.61. The molecular formula is C17H24N4O2S. The fourth-order valence-corrected chi connectivity index (χ4v) is 2.41. The average Bonchev–Trinajstić information content (AvgIpc) is 2.97. The number of aromatic amines is 1. The predicted molar refractivity (Wildman–Crippen MR) is 97.8 cm³/mol. The predicted octanol–water partition coefficient (Wildman–Crippen LogP) is 3.96. The van der Waals surface area contributed by atoms with Crippen LogP contribution in [0.3, 0.4) is 0 Å². The van der Waals surface area contributed by atoms with Gasteiger partial charge < -0.3 is 9.47 Å².